The fourth-order valence-corrected chi connectivity index (χ4v) is 2.18. The van der Waals surface area contributed by atoms with E-state index >= 15 is 0 Å². The molecule has 0 aliphatic rings. The minimum absolute atomic E-state index is 0.0285. The molecule has 2 rings (SSSR count). The van der Waals surface area contributed by atoms with Crippen molar-refractivity contribution in [1.82, 2.24) is 0 Å². The summed E-state index contributed by atoms with van der Waals surface area (Å²) < 4.78 is 43.0. The number of rotatable bonds is 5. The molecule has 0 radical (unpaired) electrons. The number of hydrogen-bond donors (Lipinski definition) is 1. The Morgan fingerprint density at radius 1 is 1.15 bits per heavy atom. The molecular formula is C16H10ClF3N2O5. The number of alkyl halides is 3. The SMILES string of the molecule is O=C(COC(=O)c1ccc([N+](=O)[O-])cc1)Nc1ccc(Cl)c(C(F)(F)F)c1. The standard InChI is InChI=1S/C16H10ClF3N2O5/c17-13-6-3-10(7-12(13)16(18,19)20)21-14(23)8-27-15(24)9-1-4-11(5-2-9)22(25)26/h1-7H,8H2,(H,21,23). The molecule has 0 spiro atoms. The zero-order chi connectivity index (χ0) is 20.2. The number of carbonyl (C=O) groups excluding carboxylic acids is 2. The van der Waals surface area contributed by atoms with Gasteiger partial charge in [0.2, 0.25) is 0 Å². The van der Waals surface area contributed by atoms with E-state index in [-0.39, 0.29) is 16.9 Å². The van der Waals surface area contributed by atoms with Gasteiger partial charge in [-0.3, -0.25) is 14.9 Å². The molecule has 0 aliphatic heterocycles. The maximum Gasteiger partial charge on any atom is 0.417 e. The molecule has 0 saturated carbocycles. The van der Waals surface area contributed by atoms with Gasteiger partial charge < -0.3 is 10.1 Å². The molecule has 0 aromatic heterocycles. The molecule has 1 amide bonds. The average Bonchev–Trinajstić information content (AvgIpc) is 2.60. The number of amides is 1. The van der Waals surface area contributed by atoms with Crippen molar-refractivity contribution in [2.75, 3.05) is 11.9 Å². The van der Waals surface area contributed by atoms with E-state index in [1.165, 1.54) is 0 Å². The summed E-state index contributed by atoms with van der Waals surface area (Å²) in [4.78, 5) is 33.4. The van der Waals surface area contributed by atoms with Crippen molar-refractivity contribution < 1.29 is 32.4 Å². The third-order valence-electron chi connectivity index (χ3n) is 3.20. The fraction of sp³-hybridized carbons (Fsp3) is 0.125. The lowest BCUT2D eigenvalue weighted by Crippen LogP contribution is -2.21. The lowest BCUT2D eigenvalue weighted by Gasteiger charge is -2.12. The van der Waals surface area contributed by atoms with Gasteiger partial charge >= 0.3 is 12.1 Å². The van der Waals surface area contributed by atoms with Gasteiger partial charge in [0.1, 0.15) is 0 Å². The van der Waals surface area contributed by atoms with Crippen LogP contribution in [0.3, 0.4) is 0 Å². The number of benzene rings is 2. The highest BCUT2D eigenvalue weighted by atomic mass is 35.5. The molecule has 0 atom stereocenters. The molecule has 0 aliphatic carbocycles. The maximum absolute atomic E-state index is 12.8. The Balaban J connectivity index is 1.96. The van der Waals surface area contributed by atoms with Crippen molar-refractivity contribution in [3.8, 4) is 0 Å². The van der Waals surface area contributed by atoms with Gasteiger partial charge in [-0.2, -0.15) is 13.2 Å². The van der Waals surface area contributed by atoms with E-state index in [0.29, 0.717) is 6.07 Å². The van der Waals surface area contributed by atoms with Crippen molar-refractivity contribution >= 4 is 34.9 Å². The van der Waals surface area contributed by atoms with Gasteiger partial charge in [-0.25, -0.2) is 4.79 Å². The second-order valence-electron chi connectivity index (χ2n) is 5.12. The lowest BCUT2D eigenvalue weighted by atomic mass is 10.2. The minimum atomic E-state index is -4.69. The van der Waals surface area contributed by atoms with E-state index in [4.69, 9.17) is 16.3 Å². The van der Waals surface area contributed by atoms with Crippen LogP contribution in [0.1, 0.15) is 15.9 Å². The van der Waals surface area contributed by atoms with Gasteiger partial charge in [-0.05, 0) is 30.3 Å². The highest BCUT2D eigenvalue weighted by Gasteiger charge is 2.33. The molecule has 2 aromatic rings. The van der Waals surface area contributed by atoms with E-state index < -0.39 is 40.2 Å². The third kappa shape index (κ3) is 5.42. The second-order valence-corrected chi connectivity index (χ2v) is 5.53. The molecule has 2 aromatic carbocycles. The number of ether oxygens (including phenoxy) is 1. The lowest BCUT2D eigenvalue weighted by molar-refractivity contribution is -0.384. The van der Waals surface area contributed by atoms with Crippen molar-refractivity contribution in [3.05, 3.63) is 68.7 Å². The highest BCUT2D eigenvalue weighted by molar-refractivity contribution is 6.31. The molecule has 0 heterocycles. The molecular weight excluding hydrogens is 393 g/mol. The summed E-state index contributed by atoms with van der Waals surface area (Å²) in [5.74, 6) is -1.80. The Labute approximate surface area is 154 Å². The smallest absolute Gasteiger partial charge is 0.417 e. The van der Waals surface area contributed by atoms with E-state index in [9.17, 15) is 32.9 Å². The summed E-state index contributed by atoms with van der Waals surface area (Å²) in [6, 6.07) is 7.25. The van der Waals surface area contributed by atoms with Crippen LogP contribution >= 0.6 is 11.6 Å². The van der Waals surface area contributed by atoms with E-state index in [0.717, 1.165) is 36.4 Å². The van der Waals surface area contributed by atoms with E-state index in [2.05, 4.69) is 5.32 Å². The summed E-state index contributed by atoms with van der Waals surface area (Å²) in [5, 5.41) is 12.2. The minimum Gasteiger partial charge on any atom is -0.452 e. The van der Waals surface area contributed by atoms with Gasteiger partial charge in [-0.15, -0.1) is 0 Å². The number of nitro benzene ring substituents is 1. The van der Waals surface area contributed by atoms with Crippen LogP contribution in [0.4, 0.5) is 24.5 Å². The van der Waals surface area contributed by atoms with Crippen LogP contribution < -0.4 is 5.32 Å². The molecule has 7 nitrogen and oxygen atoms in total. The summed E-state index contributed by atoms with van der Waals surface area (Å²) in [6.07, 6.45) is -4.69. The van der Waals surface area contributed by atoms with Gasteiger partial charge in [0, 0.05) is 17.8 Å². The second kappa shape index (κ2) is 8.04. The first-order chi connectivity index (χ1) is 12.6. The van der Waals surface area contributed by atoms with Crippen molar-refractivity contribution in [2.24, 2.45) is 0 Å². The van der Waals surface area contributed by atoms with Crippen molar-refractivity contribution in [1.29, 1.82) is 0 Å². The third-order valence-corrected chi connectivity index (χ3v) is 3.53. The summed E-state index contributed by atoms with van der Waals surface area (Å²) in [5.41, 5.74) is -1.56. The quantitative estimate of drug-likeness (QED) is 0.462. The molecule has 0 bridgehead atoms. The molecule has 142 valence electrons. The van der Waals surface area contributed by atoms with Crippen LogP contribution in [-0.2, 0) is 15.7 Å². The molecule has 0 saturated heterocycles. The summed E-state index contributed by atoms with van der Waals surface area (Å²) in [6.45, 7) is -0.764. The molecule has 0 unspecified atom stereocenters. The van der Waals surface area contributed by atoms with Crippen LogP contribution in [-0.4, -0.2) is 23.4 Å². The Kier molecular flexibility index (Phi) is 6.01. The summed E-state index contributed by atoms with van der Waals surface area (Å²) >= 11 is 5.47. The largest absolute Gasteiger partial charge is 0.452 e. The van der Waals surface area contributed by atoms with Crippen LogP contribution in [0.5, 0.6) is 0 Å². The number of hydrogen-bond acceptors (Lipinski definition) is 5. The van der Waals surface area contributed by atoms with Crippen LogP contribution in [0, 0.1) is 10.1 Å². The molecule has 27 heavy (non-hydrogen) atoms. The highest BCUT2D eigenvalue weighted by Crippen LogP contribution is 2.36. The zero-order valence-electron chi connectivity index (χ0n) is 13.2. The molecule has 11 heteroatoms. The number of nitrogens with one attached hydrogen (secondary N) is 1. The molecule has 0 fully saturated rings. The Morgan fingerprint density at radius 3 is 2.33 bits per heavy atom. The van der Waals surface area contributed by atoms with Gasteiger partial charge in [0.15, 0.2) is 6.61 Å². The first-order valence-corrected chi connectivity index (χ1v) is 7.54. The van der Waals surface area contributed by atoms with Crippen LogP contribution in [0.15, 0.2) is 42.5 Å². The number of esters is 1. The predicted molar refractivity (Wildman–Crippen MR) is 88.5 cm³/mol. The Morgan fingerprint density at radius 2 is 1.78 bits per heavy atom. The number of non-ortho nitro benzene ring substituents is 1. The monoisotopic (exact) mass is 402 g/mol. The maximum atomic E-state index is 12.8. The predicted octanol–water partition coefficient (Wildman–Crippen LogP) is 4.06. The van der Waals surface area contributed by atoms with Crippen molar-refractivity contribution in [2.45, 2.75) is 6.18 Å². The zero-order valence-corrected chi connectivity index (χ0v) is 14.0. The number of nitrogens with zero attached hydrogens (tertiary/aromatic N) is 1. The first-order valence-electron chi connectivity index (χ1n) is 7.16. The molecule has 1 N–H and O–H groups in total. The van der Waals surface area contributed by atoms with Crippen molar-refractivity contribution in [3.63, 3.8) is 0 Å². The Hall–Kier alpha value is -3.14. The summed E-state index contributed by atoms with van der Waals surface area (Å²) in [7, 11) is 0. The fourth-order valence-electron chi connectivity index (χ4n) is 1.95. The van der Waals surface area contributed by atoms with Gasteiger partial charge in [0.05, 0.1) is 21.1 Å². The average molecular weight is 403 g/mol. The topological polar surface area (TPSA) is 98.5 Å². The normalized spacial score (nSPS) is 11.0. The van der Waals surface area contributed by atoms with E-state index in [1.807, 2.05) is 0 Å². The van der Waals surface area contributed by atoms with Crippen LogP contribution in [0.2, 0.25) is 5.02 Å². The Bertz CT molecular complexity index is 885. The van der Waals surface area contributed by atoms with Gasteiger partial charge in [0.25, 0.3) is 11.6 Å². The number of anilines is 1. The first kappa shape index (κ1) is 20.2. The number of carbonyl (C=O) groups is 2. The van der Waals surface area contributed by atoms with Gasteiger partial charge in [-0.1, -0.05) is 11.6 Å². The number of halogens is 4. The number of nitro groups is 1. The van der Waals surface area contributed by atoms with Crippen LogP contribution in [0.25, 0.3) is 0 Å². The van der Waals surface area contributed by atoms with E-state index in [1.54, 1.807) is 0 Å².